The van der Waals surface area contributed by atoms with Crippen LogP contribution in [0.15, 0.2) is 48.7 Å². The Morgan fingerprint density at radius 3 is 2.48 bits per heavy atom. The molecule has 0 aliphatic carbocycles. The fraction of sp³-hybridized carbons (Fsp3) is 0.105. The Kier molecular flexibility index (Phi) is 5.35. The molecule has 0 saturated heterocycles. The van der Waals surface area contributed by atoms with Gasteiger partial charge in [-0.25, -0.2) is 27.9 Å². The van der Waals surface area contributed by atoms with Gasteiger partial charge in [0.25, 0.3) is 0 Å². The van der Waals surface area contributed by atoms with Gasteiger partial charge in [-0.15, -0.1) is 0 Å². The average molecular weight is 372 g/mol. The zero-order valence-electron chi connectivity index (χ0n) is 14.3. The van der Waals surface area contributed by atoms with Crippen LogP contribution in [0, 0.1) is 24.4 Å². The summed E-state index contributed by atoms with van der Waals surface area (Å²) in [4.78, 5) is 20.3. The van der Waals surface area contributed by atoms with Crippen molar-refractivity contribution in [2.24, 2.45) is 0 Å². The maximum atomic E-state index is 13.5. The van der Waals surface area contributed by atoms with Gasteiger partial charge in [-0.2, -0.15) is 0 Å². The van der Waals surface area contributed by atoms with Gasteiger partial charge in [0.15, 0.2) is 17.5 Å². The van der Waals surface area contributed by atoms with Gasteiger partial charge in [0.2, 0.25) is 0 Å². The first-order valence-electron chi connectivity index (χ1n) is 8.01. The molecule has 0 atom stereocenters. The minimum atomic E-state index is -1.54. The van der Waals surface area contributed by atoms with Gasteiger partial charge in [0.05, 0.1) is 17.9 Å². The summed E-state index contributed by atoms with van der Waals surface area (Å²) in [7, 11) is 0. The molecule has 138 valence electrons. The number of benzene rings is 2. The van der Waals surface area contributed by atoms with Gasteiger partial charge < -0.3 is 10.6 Å². The molecule has 0 radical (unpaired) electrons. The number of para-hydroxylation sites is 1. The molecule has 0 fully saturated rings. The highest BCUT2D eigenvalue weighted by Crippen LogP contribution is 2.30. The summed E-state index contributed by atoms with van der Waals surface area (Å²) in [5.41, 5.74) is 1.41. The predicted molar refractivity (Wildman–Crippen MR) is 94.4 cm³/mol. The fourth-order valence-corrected chi connectivity index (χ4v) is 2.50. The number of carbonyl (C=O) groups is 1. The molecule has 3 rings (SSSR count). The summed E-state index contributed by atoms with van der Waals surface area (Å²) in [6, 6.07) is 9.33. The molecule has 8 heteroatoms. The van der Waals surface area contributed by atoms with Crippen LogP contribution in [-0.2, 0) is 6.54 Å². The summed E-state index contributed by atoms with van der Waals surface area (Å²) in [5.74, 6) is -3.56. The van der Waals surface area contributed by atoms with Crippen LogP contribution in [0.2, 0.25) is 0 Å². The first kappa shape index (κ1) is 18.4. The van der Waals surface area contributed by atoms with E-state index in [2.05, 4.69) is 20.6 Å². The summed E-state index contributed by atoms with van der Waals surface area (Å²) in [6.45, 7) is 1.91. The van der Waals surface area contributed by atoms with E-state index in [1.54, 1.807) is 43.5 Å². The Labute approximate surface area is 153 Å². The summed E-state index contributed by atoms with van der Waals surface area (Å²) >= 11 is 0. The molecule has 5 nitrogen and oxygen atoms in total. The van der Waals surface area contributed by atoms with Crippen molar-refractivity contribution in [3.63, 3.8) is 0 Å². The SMILES string of the molecule is Cc1nccc(CNC(=O)Nc2ccccc2-c2cc(F)c(F)c(F)c2)n1. The van der Waals surface area contributed by atoms with Crippen molar-refractivity contribution in [3.8, 4) is 11.1 Å². The molecule has 1 heterocycles. The van der Waals surface area contributed by atoms with Crippen molar-refractivity contribution in [2.75, 3.05) is 5.32 Å². The van der Waals surface area contributed by atoms with E-state index >= 15 is 0 Å². The van der Waals surface area contributed by atoms with Crippen molar-refractivity contribution >= 4 is 11.7 Å². The van der Waals surface area contributed by atoms with Crippen molar-refractivity contribution in [1.82, 2.24) is 15.3 Å². The van der Waals surface area contributed by atoms with Gasteiger partial charge in [-0.1, -0.05) is 18.2 Å². The lowest BCUT2D eigenvalue weighted by atomic mass is 10.0. The topological polar surface area (TPSA) is 66.9 Å². The molecule has 1 aromatic heterocycles. The second-order valence-electron chi connectivity index (χ2n) is 5.70. The lowest BCUT2D eigenvalue weighted by Crippen LogP contribution is -2.28. The van der Waals surface area contributed by atoms with Crippen molar-refractivity contribution in [2.45, 2.75) is 13.5 Å². The molecule has 0 spiro atoms. The molecular formula is C19H15F3N4O. The van der Waals surface area contributed by atoms with Crippen molar-refractivity contribution in [3.05, 3.63) is 77.6 Å². The predicted octanol–water partition coefficient (Wildman–Crippen LogP) is 4.19. The number of aryl methyl sites for hydroxylation is 1. The largest absolute Gasteiger partial charge is 0.332 e. The Bertz CT molecular complexity index is 971. The van der Waals surface area contributed by atoms with Crippen LogP contribution in [0.25, 0.3) is 11.1 Å². The maximum absolute atomic E-state index is 13.5. The van der Waals surface area contributed by atoms with Crippen LogP contribution in [0.3, 0.4) is 0 Å². The number of hydrogen-bond donors (Lipinski definition) is 2. The zero-order chi connectivity index (χ0) is 19.4. The third-order valence-corrected chi connectivity index (χ3v) is 3.73. The summed E-state index contributed by atoms with van der Waals surface area (Å²) in [5, 5.41) is 5.25. The Morgan fingerprint density at radius 1 is 1.07 bits per heavy atom. The molecule has 2 aromatic carbocycles. The molecule has 0 aliphatic rings. The van der Waals surface area contributed by atoms with Crippen LogP contribution in [0.5, 0.6) is 0 Å². The fourth-order valence-electron chi connectivity index (χ4n) is 2.50. The van der Waals surface area contributed by atoms with Crippen LogP contribution in [0.4, 0.5) is 23.7 Å². The number of anilines is 1. The number of hydrogen-bond acceptors (Lipinski definition) is 3. The number of nitrogens with one attached hydrogen (secondary N) is 2. The van der Waals surface area contributed by atoms with E-state index in [-0.39, 0.29) is 12.1 Å². The highest BCUT2D eigenvalue weighted by atomic mass is 19.2. The van der Waals surface area contributed by atoms with Crippen LogP contribution in [-0.4, -0.2) is 16.0 Å². The Morgan fingerprint density at radius 2 is 1.78 bits per heavy atom. The molecule has 0 aliphatic heterocycles. The number of rotatable bonds is 4. The van der Waals surface area contributed by atoms with Gasteiger partial charge >= 0.3 is 6.03 Å². The highest BCUT2D eigenvalue weighted by Gasteiger charge is 2.14. The molecule has 3 aromatic rings. The monoisotopic (exact) mass is 372 g/mol. The number of carbonyl (C=O) groups excluding carboxylic acids is 1. The van der Waals surface area contributed by atoms with E-state index < -0.39 is 23.5 Å². The van der Waals surface area contributed by atoms with E-state index in [1.165, 1.54) is 0 Å². The zero-order valence-corrected chi connectivity index (χ0v) is 14.3. The van der Waals surface area contributed by atoms with Gasteiger partial charge in [-0.05, 0) is 36.8 Å². The van der Waals surface area contributed by atoms with Gasteiger partial charge in [0, 0.05) is 11.8 Å². The van der Waals surface area contributed by atoms with E-state index in [0.717, 1.165) is 12.1 Å². The minimum absolute atomic E-state index is 0.105. The molecule has 27 heavy (non-hydrogen) atoms. The van der Waals surface area contributed by atoms with Crippen molar-refractivity contribution < 1.29 is 18.0 Å². The first-order valence-corrected chi connectivity index (χ1v) is 8.01. The lowest BCUT2D eigenvalue weighted by Gasteiger charge is -2.12. The number of urea groups is 1. The van der Waals surface area contributed by atoms with E-state index in [1.807, 2.05) is 0 Å². The standard InChI is InChI=1S/C19H15F3N4O/c1-11-23-7-6-13(25-11)10-24-19(27)26-17-5-3-2-4-14(17)12-8-15(20)18(22)16(21)9-12/h2-9H,10H2,1H3,(H2,24,26,27). The first-order chi connectivity index (χ1) is 12.9. The van der Waals surface area contributed by atoms with Crippen LogP contribution >= 0.6 is 0 Å². The Hall–Kier alpha value is -3.42. The molecular weight excluding hydrogens is 357 g/mol. The molecule has 0 saturated carbocycles. The maximum Gasteiger partial charge on any atom is 0.319 e. The minimum Gasteiger partial charge on any atom is -0.332 e. The second-order valence-corrected chi connectivity index (χ2v) is 5.70. The van der Waals surface area contributed by atoms with Gasteiger partial charge in [-0.3, -0.25) is 0 Å². The Balaban J connectivity index is 1.77. The number of amides is 2. The molecule has 2 N–H and O–H groups in total. The third kappa shape index (κ3) is 4.41. The van der Waals surface area contributed by atoms with Gasteiger partial charge in [0.1, 0.15) is 5.82 Å². The molecule has 0 bridgehead atoms. The number of nitrogens with zero attached hydrogens (tertiary/aromatic N) is 2. The highest BCUT2D eigenvalue weighted by molar-refractivity contribution is 5.94. The van der Waals surface area contributed by atoms with Crippen LogP contribution in [0.1, 0.15) is 11.5 Å². The normalized spacial score (nSPS) is 10.5. The van der Waals surface area contributed by atoms with Crippen molar-refractivity contribution in [1.29, 1.82) is 0 Å². The molecule has 0 unspecified atom stereocenters. The smallest absolute Gasteiger partial charge is 0.319 e. The second kappa shape index (κ2) is 7.86. The molecule has 2 amide bonds. The third-order valence-electron chi connectivity index (χ3n) is 3.73. The van der Waals surface area contributed by atoms with E-state index in [9.17, 15) is 18.0 Å². The lowest BCUT2D eigenvalue weighted by molar-refractivity contribution is 0.251. The average Bonchev–Trinajstić information content (AvgIpc) is 2.64. The van der Waals surface area contributed by atoms with E-state index in [0.29, 0.717) is 22.8 Å². The van der Waals surface area contributed by atoms with E-state index in [4.69, 9.17) is 0 Å². The summed E-state index contributed by atoms with van der Waals surface area (Å²) in [6.07, 6.45) is 1.59. The quantitative estimate of drug-likeness (QED) is 0.675. The number of halogens is 3. The number of aromatic nitrogens is 2. The summed E-state index contributed by atoms with van der Waals surface area (Å²) < 4.78 is 40.3. The van der Waals surface area contributed by atoms with Crippen LogP contribution < -0.4 is 10.6 Å².